The van der Waals surface area contributed by atoms with Gasteiger partial charge in [-0.05, 0) is 43.7 Å². The first kappa shape index (κ1) is 18.0. The smallest absolute Gasteiger partial charge is 0.339 e. The van der Waals surface area contributed by atoms with Crippen LogP contribution in [0.25, 0.3) is 0 Å². The minimum Gasteiger partial charge on any atom is -0.478 e. The molecule has 8 nitrogen and oxygen atoms in total. The molecule has 1 saturated heterocycles. The molecule has 0 aliphatic carbocycles. The van der Waals surface area contributed by atoms with Crippen LogP contribution in [0.2, 0.25) is 0 Å². The Bertz CT molecular complexity index is 946. The number of rotatable bonds is 5. The predicted octanol–water partition coefficient (Wildman–Crippen LogP) is 1.76. The minimum absolute atomic E-state index is 0.0508. The van der Waals surface area contributed by atoms with Gasteiger partial charge in [-0.15, -0.1) is 0 Å². The summed E-state index contributed by atoms with van der Waals surface area (Å²) in [6, 6.07) is 7.66. The number of aryl methyl sites for hydroxylation is 1. The van der Waals surface area contributed by atoms with E-state index in [0.717, 1.165) is 0 Å². The van der Waals surface area contributed by atoms with Crippen molar-refractivity contribution in [2.45, 2.75) is 19.9 Å². The number of nitrogens with zero attached hydrogens (tertiary/aromatic N) is 1. The molecule has 0 unspecified atom stereocenters. The van der Waals surface area contributed by atoms with Gasteiger partial charge < -0.3 is 14.8 Å². The Labute approximate surface area is 150 Å². The van der Waals surface area contributed by atoms with Gasteiger partial charge in [0.25, 0.3) is 5.91 Å². The Morgan fingerprint density at radius 3 is 2.50 bits per heavy atom. The molecule has 2 aromatic rings. The molecule has 0 radical (unpaired) electrons. The highest BCUT2D eigenvalue weighted by molar-refractivity contribution is 7.93. The quantitative estimate of drug-likeness (QED) is 0.819. The lowest BCUT2D eigenvalue weighted by Gasteiger charge is -2.16. The van der Waals surface area contributed by atoms with Crippen molar-refractivity contribution in [2.75, 3.05) is 16.6 Å². The number of carbonyl (C=O) groups excluding carboxylic acids is 1. The summed E-state index contributed by atoms with van der Waals surface area (Å²) in [5.74, 6) is -0.704. The van der Waals surface area contributed by atoms with Crippen LogP contribution in [0, 0.1) is 6.92 Å². The van der Waals surface area contributed by atoms with Gasteiger partial charge in [0.2, 0.25) is 10.0 Å². The molecule has 1 amide bonds. The van der Waals surface area contributed by atoms with E-state index in [1.54, 1.807) is 31.2 Å². The van der Waals surface area contributed by atoms with Crippen LogP contribution in [0.5, 0.6) is 0 Å². The lowest BCUT2D eigenvalue weighted by atomic mass is 10.2. The van der Waals surface area contributed by atoms with E-state index in [1.165, 1.54) is 10.4 Å². The summed E-state index contributed by atoms with van der Waals surface area (Å²) >= 11 is 0. The maximum atomic E-state index is 12.2. The third kappa shape index (κ3) is 3.57. The van der Waals surface area contributed by atoms with Gasteiger partial charge >= 0.3 is 5.97 Å². The maximum absolute atomic E-state index is 12.2. The first-order valence-corrected chi connectivity index (χ1v) is 9.60. The molecule has 1 aromatic heterocycles. The summed E-state index contributed by atoms with van der Waals surface area (Å²) in [6.45, 7) is 2.03. The zero-order chi connectivity index (χ0) is 18.9. The van der Waals surface area contributed by atoms with Crippen molar-refractivity contribution in [3.63, 3.8) is 0 Å². The number of amides is 1. The molecule has 2 heterocycles. The van der Waals surface area contributed by atoms with Gasteiger partial charge in [-0.25, -0.2) is 13.2 Å². The Kier molecular flexibility index (Phi) is 4.73. The predicted molar refractivity (Wildman–Crippen MR) is 93.8 cm³/mol. The van der Waals surface area contributed by atoms with Crippen molar-refractivity contribution in [1.29, 1.82) is 0 Å². The number of nitrogens with one attached hydrogen (secondary N) is 1. The van der Waals surface area contributed by atoms with E-state index < -0.39 is 16.0 Å². The normalized spacial score (nSPS) is 15.8. The number of hydrogen-bond acceptors (Lipinski definition) is 5. The standard InChI is InChI=1S/C17H18N2O6S/c1-11-15(17(21)22)9-14(25-11)10-18-16(20)12-3-5-13(6-4-12)19-7-2-8-26(19,23)24/h3-6,9H,2,7-8,10H2,1H3,(H,18,20)(H,21,22). The van der Waals surface area contributed by atoms with Crippen molar-refractivity contribution in [3.05, 3.63) is 53.0 Å². The van der Waals surface area contributed by atoms with Crippen molar-refractivity contribution in [2.24, 2.45) is 0 Å². The molecule has 0 spiro atoms. The summed E-state index contributed by atoms with van der Waals surface area (Å²) in [6.07, 6.45) is 0.589. The summed E-state index contributed by atoms with van der Waals surface area (Å²) in [5.41, 5.74) is 0.962. The third-order valence-corrected chi connectivity index (χ3v) is 6.01. The fraction of sp³-hybridized carbons (Fsp3) is 0.294. The first-order chi connectivity index (χ1) is 12.3. The van der Waals surface area contributed by atoms with Crippen LogP contribution in [0.15, 0.2) is 34.7 Å². The highest BCUT2D eigenvalue weighted by Gasteiger charge is 2.28. The Morgan fingerprint density at radius 1 is 1.27 bits per heavy atom. The maximum Gasteiger partial charge on any atom is 0.339 e. The van der Waals surface area contributed by atoms with E-state index in [-0.39, 0.29) is 29.5 Å². The number of carboxylic acids is 1. The fourth-order valence-electron chi connectivity index (χ4n) is 2.82. The summed E-state index contributed by atoms with van der Waals surface area (Å²) < 4.78 is 30.5. The van der Waals surface area contributed by atoms with E-state index >= 15 is 0 Å². The van der Waals surface area contributed by atoms with Gasteiger partial charge in [-0.2, -0.15) is 0 Å². The molecule has 1 aliphatic rings. The van der Waals surface area contributed by atoms with Gasteiger partial charge in [0, 0.05) is 12.1 Å². The van der Waals surface area contributed by atoms with Crippen LogP contribution >= 0.6 is 0 Å². The molecule has 1 aliphatic heterocycles. The van der Waals surface area contributed by atoms with Crippen LogP contribution < -0.4 is 9.62 Å². The fourth-order valence-corrected chi connectivity index (χ4v) is 4.39. The van der Waals surface area contributed by atoms with Crippen molar-refractivity contribution < 1.29 is 27.5 Å². The van der Waals surface area contributed by atoms with Crippen molar-refractivity contribution in [1.82, 2.24) is 5.32 Å². The topological polar surface area (TPSA) is 117 Å². The monoisotopic (exact) mass is 378 g/mol. The van der Waals surface area contributed by atoms with Crippen LogP contribution in [0.3, 0.4) is 0 Å². The number of anilines is 1. The zero-order valence-corrected chi connectivity index (χ0v) is 14.9. The van der Waals surface area contributed by atoms with E-state index in [0.29, 0.717) is 30.0 Å². The molecule has 1 fully saturated rings. The molecule has 0 saturated carbocycles. The largest absolute Gasteiger partial charge is 0.478 e. The average Bonchev–Trinajstić information content (AvgIpc) is 3.14. The number of aromatic carboxylic acids is 1. The molecular formula is C17H18N2O6S. The number of carboxylic acid groups (broad SMARTS) is 1. The highest BCUT2D eigenvalue weighted by atomic mass is 32.2. The van der Waals surface area contributed by atoms with Gasteiger partial charge in [0.1, 0.15) is 17.1 Å². The second kappa shape index (κ2) is 6.83. The Balaban J connectivity index is 1.65. The van der Waals surface area contributed by atoms with Crippen molar-refractivity contribution in [3.8, 4) is 0 Å². The van der Waals surface area contributed by atoms with Crippen LogP contribution in [0.4, 0.5) is 5.69 Å². The molecule has 138 valence electrons. The number of furan rings is 1. The lowest BCUT2D eigenvalue weighted by molar-refractivity contribution is 0.0694. The minimum atomic E-state index is -3.26. The molecule has 2 N–H and O–H groups in total. The Hall–Kier alpha value is -2.81. The first-order valence-electron chi connectivity index (χ1n) is 7.99. The Morgan fingerprint density at radius 2 is 1.96 bits per heavy atom. The van der Waals surface area contributed by atoms with Crippen LogP contribution in [0.1, 0.15) is 38.7 Å². The number of sulfonamides is 1. The molecule has 0 atom stereocenters. The summed E-state index contributed by atoms with van der Waals surface area (Å²) in [4.78, 5) is 23.2. The number of hydrogen-bond donors (Lipinski definition) is 2. The van der Waals surface area contributed by atoms with Gasteiger partial charge in [-0.1, -0.05) is 0 Å². The average molecular weight is 378 g/mol. The molecule has 1 aromatic carbocycles. The van der Waals surface area contributed by atoms with Gasteiger partial charge in [0.05, 0.1) is 18.0 Å². The van der Waals surface area contributed by atoms with Gasteiger partial charge in [-0.3, -0.25) is 9.10 Å². The molecule has 3 rings (SSSR count). The van der Waals surface area contributed by atoms with E-state index in [1.807, 2.05) is 0 Å². The molecule has 26 heavy (non-hydrogen) atoms. The van der Waals surface area contributed by atoms with E-state index in [2.05, 4.69) is 5.32 Å². The molecule has 9 heteroatoms. The van der Waals surface area contributed by atoms with E-state index in [9.17, 15) is 18.0 Å². The number of carbonyl (C=O) groups is 2. The van der Waals surface area contributed by atoms with Crippen LogP contribution in [-0.2, 0) is 16.6 Å². The SMILES string of the molecule is Cc1oc(CNC(=O)c2ccc(N3CCCS3(=O)=O)cc2)cc1C(=O)O. The molecular weight excluding hydrogens is 360 g/mol. The zero-order valence-electron chi connectivity index (χ0n) is 14.1. The summed E-state index contributed by atoms with van der Waals surface area (Å²) in [5, 5.41) is 11.6. The second-order valence-electron chi connectivity index (χ2n) is 5.96. The van der Waals surface area contributed by atoms with Crippen molar-refractivity contribution >= 4 is 27.6 Å². The van der Waals surface area contributed by atoms with Crippen LogP contribution in [-0.4, -0.2) is 37.7 Å². The lowest BCUT2D eigenvalue weighted by Crippen LogP contribution is -2.25. The molecule has 0 bridgehead atoms. The summed E-state index contributed by atoms with van der Waals surface area (Å²) in [7, 11) is -3.26. The van der Waals surface area contributed by atoms with E-state index in [4.69, 9.17) is 9.52 Å². The van der Waals surface area contributed by atoms with Gasteiger partial charge in [0.15, 0.2) is 0 Å². The third-order valence-electron chi connectivity index (χ3n) is 4.14. The highest BCUT2D eigenvalue weighted by Crippen LogP contribution is 2.24. The second-order valence-corrected chi connectivity index (χ2v) is 7.97. The number of benzene rings is 1.